The molecule has 1 heteroatoms. The van der Waals surface area contributed by atoms with Crippen molar-refractivity contribution in [2.75, 3.05) is 0 Å². The third kappa shape index (κ3) is 6.23. The van der Waals surface area contributed by atoms with Gasteiger partial charge in [0.15, 0.2) is 0 Å². The van der Waals surface area contributed by atoms with E-state index in [0.717, 1.165) is 5.69 Å². The van der Waals surface area contributed by atoms with Gasteiger partial charge in [0, 0.05) is 6.21 Å². The summed E-state index contributed by atoms with van der Waals surface area (Å²) in [5.41, 5.74) is 6.29. The summed E-state index contributed by atoms with van der Waals surface area (Å²) in [5, 5.41) is 0. The number of nitrogens with zero attached hydrogens (tertiary/aromatic N) is 1. The Balaban J connectivity index is 0.000000231. The maximum Gasteiger partial charge on any atom is 0.0687 e. The van der Waals surface area contributed by atoms with Crippen molar-refractivity contribution in [3.8, 4) is 0 Å². The summed E-state index contributed by atoms with van der Waals surface area (Å²) >= 11 is 0. The fraction of sp³-hybridized carbons (Fsp3) is 0.318. The highest BCUT2D eigenvalue weighted by atomic mass is 14.7. The number of para-hydroxylation sites is 1. The van der Waals surface area contributed by atoms with E-state index in [1.807, 2.05) is 6.07 Å². The van der Waals surface area contributed by atoms with Crippen LogP contribution in [0.5, 0.6) is 0 Å². The van der Waals surface area contributed by atoms with Crippen LogP contribution >= 0.6 is 0 Å². The van der Waals surface area contributed by atoms with Crippen LogP contribution in [0, 0.1) is 20.8 Å². The highest BCUT2D eigenvalue weighted by Gasteiger charge is 2.00. The first-order chi connectivity index (χ1) is 11.0. The highest BCUT2D eigenvalue weighted by molar-refractivity contribution is 5.75. The first kappa shape index (κ1) is 18.9. The van der Waals surface area contributed by atoms with Gasteiger partial charge in [-0.25, -0.2) is 0 Å². The molecule has 0 aliphatic rings. The van der Waals surface area contributed by atoms with Crippen LogP contribution in [0.25, 0.3) is 0 Å². The molecule has 0 amide bonds. The SMILES string of the molecule is C=CC=Nc1c(C)cccc1C.CCC(C)c1cccc(C)c1. The summed E-state index contributed by atoms with van der Waals surface area (Å²) in [6, 6.07) is 14.9. The van der Waals surface area contributed by atoms with Gasteiger partial charge in [0.1, 0.15) is 0 Å². The molecule has 2 rings (SSSR count). The van der Waals surface area contributed by atoms with Crippen molar-refractivity contribution in [2.45, 2.75) is 47.0 Å². The molecule has 0 saturated heterocycles. The van der Waals surface area contributed by atoms with Crippen molar-refractivity contribution in [2.24, 2.45) is 4.99 Å². The summed E-state index contributed by atoms with van der Waals surface area (Å²) in [5.74, 6) is 0.704. The van der Waals surface area contributed by atoms with E-state index in [4.69, 9.17) is 0 Å². The lowest BCUT2D eigenvalue weighted by Gasteiger charge is -2.08. The number of rotatable bonds is 4. The van der Waals surface area contributed by atoms with E-state index in [9.17, 15) is 0 Å². The number of aliphatic imine (C=N–C) groups is 1. The monoisotopic (exact) mass is 307 g/mol. The van der Waals surface area contributed by atoms with Gasteiger partial charge in [-0.05, 0) is 49.8 Å². The zero-order valence-corrected chi connectivity index (χ0v) is 15.1. The maximum absolute atomic E-state index is 4.28. The lowest BCUT2D eigenvalue weighted by atomic mass is 9.97. The topological polar surface area (TPSA) is 12.4 Å². The Hall–Kier alpha value is -2.15. The zero-order valence-electron chi connectivity index (χ0n) is 15.1. The van der Waals surface area contributed by atoms with Crippen molar-refractivity contribution in [3.05, 3.63) is 77.4 Å². The average Bonchev–Trinajstić information content (AvgIpc) is 2.54. The van der Waals surface area contributed by atoms with E-state index >= 15 is 0 Å². The quantitative estimate of drug-likeness (QED) is 0.557. The molecule has 2 aromatic carbocycles. The Morgan fingerprint density at radius 1 is 1.04 bits per heavy atom. The van der Waals surface area contributed by atoms with Crippen LogP contribution in [0.1, 0.15) is 48.4 Å². The number of hydrogen-bond acceptors (Lipinski definition) is 1. The van der Waals surface area contributed by atoms with Gasteiger partial charge in [-0.3, -0.25) is 4.99 Å². The second-order valence-corrected chi connectivity index (χ2v) is 5.98. The van der Waals surface area contributed by atoms with Crippen molar-refractivity contribution < 1.29 is 0 Å². The largest absolute Gasteiger partial charge is 0.256 e. The van der Waals surface area contributed by atoms with Crippen LogP contribution in [0.15, 0.2) is 60.1 Å². The van der Waals surface area contributed by atoms with E-state index < -0.39 is 0 Å². The van der Waals surface area contributed by atoms with Crippen molar-refractivity contribution >= 4 is 11.9 Å². The highest BCUT2D eigenvalue weighted by Crippen LogP contribution is 2.22. The molecule has 0 aromatic heterocycles. The van der Waals surface area contributed by atoms with E-state index in [2.05, 4.69) is 82.6 Å². The van der Waals surface area contributed by atoms with Crippen LogP contribution in [-0.4, -0.2) is 6.21 Å². The molecule has 0 aliphatic carbocycles. The van der Waals surface area contributed by atoms with E-state index in [1.165, 1.54) is 28.7 Å². The third-order valence-electron chi connectivity index (χ3n) is 3.97. The number of aryl methyl sites for hydroxylation is 3. The molecule has 0 heterocycles. The van der Waals surface area contributed by atoms with Gasteiger partial charge >= 0.3 is 0 Å². The van der Waals surface area contributed by atoms with Gasteiger partial charge in [0.25, 0.3) is 0 Å². The lowest BCUT2D eigenvalue weighted by Crippen LogP contribution is -1.90. The standard InChI is InChI=1S/C11H13N.C11H16/c1-4-8-12-11-9(2)6-5-7-10(11)3;1-4-10(3)11-7-5-6-9(2)8-11/h4-8H,1H2,2-3H3;5-8,10H,4H2,1-3H3. The van der Waals surface area contributed by atoms with Gasteiger partial charge in [-0.15, -0.1) is 0 Å². The first-order valence-electron chi connectivity index (χ1n) is 8.27. The summed E-state index contributed by atoms with van der Waals surface area (Å²) in [7, 11) is 0. The zero-order chi connectivity index (χ0) is 17.2. The second kappa shape index (κ2) is 9.78. The van der Waals surface area contributed by atoms with Crippen molar-refractivity contribution in [1.29, 1.82) is 0 Å². The Morgan fingerprint density at radius 3 is 2.17 bits per heavy atom. The Kier molecular flexibility index (Phi) is 8.04. The van der Waals surface area contributed by atoms with Crippen molar-refractivity contribution in [3.63, 3.8) is 0 Å². The molecule has 0 N–H and O–H groups in total. The molecule has 0 saturated carbocycles. The molecule has 0 aliphatic heterocycles. The normalized spacial score (nSPS) is 11.7. The minimum Gasteiger partial charge on any atom is -0.256 e. The molecule has 23 heavy (non-hydrogen) atoms. The van der Waals surface area contributed by atoms with E-state index in [-0.39, 0.29) is 0 Å². The van der Waals surface area contributed by atoms with Gasteiger partial charge in [-0.1, -0.05) is 74.5 Å². The van der Waals surface area contributed by atoms with Crippen LogP contribution in [-0.2, 0) is 0 Å². The van der Waals surface area contributed by atoms with E-state index in [0.29, 0.717) is 5.92 Å². The molecule has 0 fully saturated rings. The molecule has 0 spiro atoms. The molecule has 1 unspecified atom stereocenters. The van der Waals surface area contributed by atoms with Gasteiger partial charge in [-0.2, -0.15) is 0 Å². The molecular weight excluding hydrogens is 278 g/mol. The van der Waals surface area contributed by atoms with Crippen LogP contribution in [0.4, 0.5) is 5.69 Å². The Labute approximate surface area is 141 Å². The number of allylic oxidation sites excluding steroid dienone is 1. The molecule has 2 aromatic rings. The summed E-state index contributed by atoms with van der Waals surface area (Å²) < 4.78 is 0. The van der Waals surface area contributed by atoms with Crippen molar-refractivity contribution in [1.82, 2.24) is 0 Å². The minimum absolute atomic E-state index is 0.704. The molecule has 1 nitrogen and oxygen atoms in total. The molecule has 0 bridgehead atoms. The van der Waals surface area contributed by atoms with Crippen LogP contribution in [0.3, 0.4) is 0 Å². The number of benzene rings is 2. The lowest BCUT2D eigenvalue weighted by molar-refractivity contribution is 0.733. The summed E-state index contributed by atoms with van der Waals surface area (Å²) in [6.45, 7) is 14.3. The van der Waals surface area contributed by atoms with Gasteiger partial charge in [0.2, 0.25) is 0 Å². The molecule has 122 valence electrons. The maximum atomic E-state index is 4.28. The minimum atomic E-state index is 0.704. The smallest absolute Gasteiger partial charge is 0.0687 e. The molecule has 1 atom stereocenters. The van der Waals surface area contributed by atoms with Crippen LogP contribution in [0.2, 0.25) is 0 Å². The predicted octanol–water partition coefficient (Wildman–Crippen LogP) is 6.70. The van der Waals surface area contributed by atoms with Crippen LogP contribution < -0.4 is 0 Å². The number of hydrogen-bond donors (Lipinski definition) is 0. The van der Waals surface area contributed by atoms with Gasteiger partial charge < -0.3 is 0 Å². The van der Waals surface area contributed by atoms with Gasteiger partial charge in [0.05, 0.1) is 5.69 Å². The first-order valence-corrected chi connectivity index (χ1v) is 8.27. The average molecular weight is 307 g/mol. The fourth-order valence-corrected chi connectivity index (χ4v) is 2.35. The summed E-state index contributed by atoms with van der Waals surface area (Å²) in [4.78, 5) is 4.28. The predicted molar refractivity (Wildman–Crippen MR) is 104 cm³/mol. The molecule has 0 radical (unpaired) electrons. The summed E-state index contributed by atoms with van der Waals surface area (Å²) in [6.07, 6.45) is 4.63. The van der Waals surface area contributed by atoms with E-state index in [1.54, 1.807) is 12.3 Å². The molecular formula is C22H29N. The fourth-order valence-electron chi connectivity index (χ4n) is 2.35. The Morgan fingerprint density at radius 2 is 1.65 bits per heavy atom. The Bertz CT molecular complexity index is 633. The third-order valence-corrected chi connectivity index (χ3v) is 3.97. The second-order valence-electron chi connectivity index (χ2n) is 5.98.